The molecule has 7 nitrogen and oxygen atoms in total. The summed E-state index contributed by atoms with van der Waals surface area (Å²) >= 11 is 0. The molecule has 2 fully saturated rings. The lowest BCUT2D eigenvalue weighted by molar-refractivity contribution is -0.119. The lowest BCUT2D eigenvalue weighted by Crippen LogP contribution is -2.35. The Labute approximate surface area is 238 Å². The van der Waals surface area contributed by atoms with Gasteiger partial charge in [0.1, 0.15) is 0 Å². The van der Waals surface area contributed by atoms with E-state index in [9.17, 15) is 14.4 Å². The second-order valence-corrected chi connectivity index (χ2v) is 12.2. The maximum Gasteiger partial charge on any atom is 0.251 e. The molecular weight excluding hydrogens is 500 g/mol. The monoisotopic (exact) mass is 544 g/mol. The highest BCUT2D eigenvalue weighted by molar-refractivity contribution is 6.06. The van der Waals surface area contributed by atoms with Crippen LogP contribution in [0.1, 0.15) is 98.2 Å². The molecule has 2 aromatic rings. The average molecular weight is 545 g/mol. The summed E-state index contributed by atoms with van der Waals surface area (Å²) in [4.78, 5) is 42.0. The molecule has 1 heterocycles. The highest BCUT2D eigenvalue weighted by Crippen LogP contribution is 2.40. The Kier molecular flexibility index (Phi) is 9.20. The summed E-state index contributed by atoms with van der Waals surface area (Å²) in [5.74, 6) is 1.28. The van der Waals surface area contributed by atoms with Crippen molar-refractivity contribution in [2.45, 2.75) is 83.6 Å². The third-order valence-electron chi connectivity index (χ3n) is 9.23. The first-order valence-electron chi connectivity index (χ1n) is 15.2. The van der Waals surface area contributed by atoms with E-state index in [2.05, 4.69) is 10.6 Å². The zero-order valence-electron chi connectivity index (χ0n) is 23.8. The number of nitrogens with zero attached hydrogens (tertiary/aromatic N) is 1. The van der Waals surface area contributed by atoms with E-state index >= 15 is 0 Å². The number of aryl methyl sites for hydroxylation is 1. The molecule has 0 saturated heterocycles. The first-order valence-corrected chi connectivity index (χ1v) is 15.2. The summed E-state index contributed by atoms with van der Waals surface area (Å²) in [7, 11) is 0. The minimum atomic E-state index is -0.403. The number of hydrogen-bond acceptors (Lipinski definition) is 4. The highest BCUT2D eigenvalue weighted by atomic mass is 16.2. The standard InChI is InChI=1S/C33H44N4O3/c1-22-9-12-26(13-10-22)30-19-31(38)36-28-18-27(33(40)35-21-25-8-4-7-24(17-25)20-34)14-15-29(28)37(30)32(39)16-11-23-5-2-3-6-23/h9-10,12-15,18,23-25,30H,2-8,11,16-17,19-21,34H2,1H3,(H,35,40)(H,36,38). The molecule has 0 spiro atoms. The number of benzene rings is 2. The lowest BCUT2D eigenvalue weighted by Gasteiger charge is -2.31. The zero-order chi connectivity index (χ0) is 28.1. The zero-order valence-corrected chi connectivity index (χ0v) is 23.8. The van der Waals surface area contributed by atoms with Gasteiger partial charge >= 0.3 is 0 Å². The topological polar surface area (TPSA) is 105 Å². The van der Waals surface area contributed by atoms with Gasteiger partial charge in [0.2, 0.25) is 11.8 Å². The normalized spacial score (nSPS) is 23.3. The SMILES string of the molecule is Cc1ccc(C2CC(=O)Nc3cc(C(=O)NCC4CCCC(CN)C4)ccc3N2C(=O)CCC2CCCC2)cc1. The second-order valence-electron chi connectivity index (χ2n) is 12.2. The van der Waals surface area contributed by atoms with Gasteiger partial charge in [-0.15, -0.1) is 0 Å². The molecule has 4 N–H and O–H groups in total. The van der Waals surface area contributed by atoms with Crippen LogP contribution in [-0.4, -0.2) is 30.8 Å². The van der Waals surface area contributed by atoms with Gasteiger partial charge in [-0.25, -0.2) is 0 Å². The Morgan fingerprint density at radius 2 is 1.70 bits per heavy atom. The molecule has 214 valence electrons. The molecular formula is C33H44N4O3. The van der Waals surface area contributed by atoms with Crippen LogP contribution < -0.4 is 21.3 Å². The van der Waals surface area contributed by atoms with Gasteiger partial charge in [-0.1, -0.05) is 61.9 Å². The molecule has 3 atom stereocenters. The van der Waals surface area contributed by atoms with Gasteiger partial charge in [0, 0.05) is 18.5 Å². The molecule has 5 rings (SSSR count). The van der Waals surface area contributed by atoms with Crippen molar-refractivity contribution >= 4 is 29.1 Å². The van der Waals surface area contributed by atoms with E-state index in [1.54, 1.807) is 12.1 Å². The first kappa shape index (κ1) is 28.3. The van der Waals surface area contributed by atoms with Gasteiger partial charge in [0.05, 0.1) is 23.8 Å². The molecule has 1 aliphatic heterocycles. The van der Waals surface area contributed by atoms with Crippen LogP contribution >= 0.6 is 0 Å². The Hall–Kier alpha value is -3.19. The molecule has 7 heteroatoms. The summed E-state index contributed by atoms with van der Waals surface area (Å²) in [5.41, 5.74) is 9.61. The summed E-state index contributed by atoms with van der Waals surface area (Å²) in [6, 6.07) is 13.0. The number of anilines is 2. The molecule has 0 aromatic heterocycles. The third-order valence-corrected chi connectivity index (χ3v) is 9.23. The van der Waals surface area contributed by atoms with Gasteiger partial charge in [0.25, 0.3) is 5.91 Å². The van der Waals surface area contributed by atoms with Crippen LogP contribution in [0.25, 0.3) is 0 Å². The summed E-state index contributed by atoms with van der Waals surface area (Å²) in [6.07, 6.45) is 10.8. The Bertz CT molecular complexity index is 1200. The van der Waals surface area contributed by atoms with Crippen LogP contribution in [0, 0.1) is 24.7 Å². The first-order chi connectivity index (χ1) is 19.4. The van der Waals surface area contributed by atoms with Gasteiger partial charge < -0.3 is 21.3 Å². The molecule has 3 amide bonds. The number of rotatable bonds is 8. The minimum Gasteiger partial charge on any atom is -0.352 e. The Morgan fingerprint density at radius 3 is 2.45 bits per heavy atom. The van der Waals surface area contributed by atoms with E-state index in [0.717, 1.165) is 36.8 Å². The predicted molar refractivity (Wildman–Crippen MR) is 159 cm³/mol. The maximum atomic E-state index is 13.9. The van der Waals surface area contributed by atoms with E-state index in [0.29, 0.717) is 54.2 Å². The van der Waals surface area contributed by atoms with Crippen molar-refractivity contribution in [1.29, 1.82) is 0 Å². The van der Waals surface area contributed by atoms with E-state index in [1.165, 1.54) is 32.1 Å². The highest BCUT2D eigenvalue weighted by Gasteiger charge is 2.34. The van der Waals surface area contributed by atoms with Crippen molar-refractivity contribution in [2.75, 3.05) is 23.3 Å². The Morgan fingerprint density at radius 1 is 0.975 bits per heavy atom. The van der Waals surface area contributed by atoms with Crippen LogP contribution in [0.15, 0.2) is 42.5 Å². The number of carbonyl (C=O) groups is 3. The smallest absolute Gasteiger partial charge is 0.251 e. The fourth-order valence-corrected chi connectivity index (χ4v) is 6.88. The quantitative estimate of drug-likeness (QED) is 0.386. The van der Waals surface area contributed by atoms with Crippen molar-refractivity contribution in [3.05, 3.63) is 59.2 Å². The van der Waals surface area contributed by atoms with Gasteiger partial charge in [-0.2, -0.15) is 0 Å². The lowest BCUT2D eigenvalue weighted by atomic mass is 9.81. The number of nitrogens with two attached hydrogens (primary N) is 1. The maximum absolute atomic E-state index is 13.9. The van der Waals surface area contributed by atoms with Crippen LogP contribution in [0.3, 0.4) is 0 Å². The predicted octanol–water partition coefficient (Wildman–Crippen LogP) is 5.88. The van der Waals surface area contributed by atoms with Gasteiger partial charge in [-0.05, 0) is 80.7 Å². The third kappa shape index (κ3) is 6.74. The summed E-state index contributed by atoms with van der Waals surface area (Å²) < 4.78 is 0. The number of fused-ring (bicyclic) bond motifs is 1. The van der Waals surface area contributed by atoms with Crippen LogP contribution in [0.2, 0.25) is 0 Å². The molecule has 0 bridgehead atoms. The number of carbonyl (C=O) groups excluding carboxylic acids is 3. The summed E-state index contributed by atoms with van der Waals surface area (Å²) in [6.45, 7) is 3.36. The number of nitrogens with one attached hydrogen (secondary N) is 2. The Balaban J connectivity index is 1.38. The second kappa shape index (κ2) is 13.0. The fraction of sp³-hybridized carbons (Fsp3) is 0.545. The van der Waals surface area contributed by atoms with E-state index in [-0.39, 0.29) is 24.1 Å². The van der Waals surface area contributed by atoms with Crippen LogP contribution in [0.5, 0.6) is 0 Å². The van der Waals surface area contributed by atoms with Crippen molar-refractivity contribution in [3.63, 3.8) is 0 Å². The van der Waals surface area contributed by atoms with Crippen molar-refractivity contribution in [1.82, 2.24) is 5.32 Å². The molecule has 2 saturated carbocycles. The molecule has 3 aliphatic rings. The largest absolute Gasteiger partial charge is 0.352 e. The van der Waals surface area contributed by atoms with Crippen molar-refractivity contribution in [2.24, 2.45) is 23.5 Å². The van der Waals surface area contributed by atoms with Crippen molar-refractivity contribution < 1.29 is 14.4 Å². The van der Waals surface area contributed by atoms with Gasteiger partial charge in [-0.3, -0.25) is 14.4 Å². The molecule has 2 aromatic carbocycles. The van der Waals surface area contributed by atoms with Crippen molar-refractivity contribution in [3.8, 4) is 0 Å². The molecule has 2 aliphatic carbocycles. The van der Waals surface area contributed by atoms with E-state index in [4.69, 9.17) is 5.73 Å². The minimum absolute atomic E-state index is 0.0270. The van der Waals surface area contributed by atoms with Crippen LogP contribution in [-0.2, 0) is 9.59 Å². The molecule has 40 heavy (non-hydrogen) atoms. The van der Waals surface area contributed by atoms with E-state index in [1.807, 2.05) is 42.2 Å². The number of amides is 3. The van der Waals surface area contributed by atoms with Crippen LogP contribution in [0.4, 0.5) is 11.4 Å². The van der Waals surface area contributed by atoms with E-state index < -0.39 is 6.04 Å². The summed E-state index contributed by atoms with van der Waals surface area (Å²) in [5, 5.41) is 6.10. The fourth-order valence-electron chi connectivity index (χ4n) is 6.88. The molecule has 3 unspecified atom stereocenters. The van der Waals surface area contributed by atoms with Gasteiger partial charge in [0.15, 0.2) is 0 Å². The average Bonchev–Trinajstić information content (AvgIpc) is 3.44. The molecule has 0 radical (unpaired) electrons. The number of hydrogen-bond donors (Lipinski definition) is 3.